The highest BCUT2D eigenvalue weighted by atomic mass is 16.5. The fraction of sp³-hybridized carbons (Fsp3) is 0.778. The minimum absolute atomic E-state index is 0.257. The zero-order chi connectivity index (χ0) is 10.8. The Hall–Kier alpha value is -0.940. The number of carbonyl (C=O) groups excluding carboxylic acids is 1. The first-order valence-corrected chi connectivity index (χ1v) is 4.47. The minimum Gasteiger partial charge on any atom is -0.481 e. The second kappa shape index (κ2) is 8.65. The summed E-state index contributed by atoms with van der Waals surface area (Å²) in [5.41, 5.74) is 0. The number of hydrogen-bond acceptors (Lipinski definition) is 4. The molecule has 0 aromatic carbocycles. The number of carbonyl (C=O) groups is 2. The average molecular weight is 204 g/mol. The van der Waals surface area contributed by atoms with Crippen molar-refractivity contribution < 1.29 is 24.2 Å². The third kappa shape index (κ3) is 9.15. The maximum atomic E-state index is 10.9. The van der Waals surface area contributed by atoms with E-state index in [2.05, 4.69) is 0 Å². The fourth-order valence-electron chi connectivity index (χ4n) is 0.873. The van der Waals surface area contributed by atoms with Crippen LogP contribution in [0, 0.1) is 0 Å². The van der Waals surface area contributed by atoms with Gasteiger partial charge in [-0.15, -0.1) is 0 Å². The molecule has 14 heavy (non-hydrogen) atoms. The lowest BCUT2D eigenvalue weighted by Crippen LogP contribution is -2.08. The zero-order valence-electron chi connectivity index (χ0n) is 8.32. The largest absolute Gasteiger partial charge is 0.481 e. The molecule has 0 radical (unpaired) electrons. The third-order valence-corrected chi connectivity index (χ3v) is 1.52. The van der Waals surface area contributed by atoms with Crippen molar-refractivity contribution in [2.45, 2.75) is 19.3 Å². The zero-order valence-corrected chi connectivity index (χ0v) is 8.32. The van der Waals surface area contributed by atoms with Crippen LogP contribution < -0.4 is 0 Å². The van der Waals surface area contributed by atoms with Gasteiger partial charge < -0.3 is 14.6 Å². The smallest absolute Gasteiger partial charge is 0.310 e. The molecular weight excluding hydrogens is 188 g/mol. The Morgan fingerprint density at radius 1 is 1.21 bits per heavy atom. The molecule has 82 valence electrons. The molecule has 0 heterocycles. The van der Waals surface area contributed by atoms with Gasteiger partial charge >= 0.3 is 5.97 Å². The molecular formula is C9H16O5. The molecule has 0 aromatic heterocycles. The molecule has 5 nitrogen and oxygen atoms in total. The Bertz CT molecular complexity index is 178. The Labute approximate surface area is 83.0 Å². The van der Waals surface area contributed by atoms with Gasteiger partial charge in [0.1, 0.15) is 12.2 Å². The van der Waals surface area contributed by atoms with Crippen molar-refractivity contribution in [2.75, 3.05) is 26.9 Å². The van der Waals surface area contributed by atoms with Crippen LogP contribution in [0.4, 0.5) is 0 Å². The normalized spacial score (nSPS) is 10.1. The summed E-state index contributed by atoms with van der Waals surface area (Å²) in [4.78, 5) is 21.0. The lowest BCUT2D eigenvalue weighted by Gasteiger charge is -2.02. The summed E-state index contributed by atoms with van der Waals surface area (Å²) in [5, 5.41) is 8.29. The van der Waals surface area contributed by atoms with E-state index in [4.69, 9.17) is 14.6 Å². The molecule has 0 rings (SSSR count). The lowest BCUT2D eigenvalue weighted by atomic mass is 10.2. The van der Waals surface area contributed by atoms with E-state index < -0.39 is 12.4 Å². The molecule has 0 aliphatic rings. The van der Waals surface area contributed by atoms with E-state index >= 15 is 0 Å². The van der Waals surface area contributed by atoms with Crippen LogP contribution in [0.5, 0.6) is 0 Å². The van der Waals surface area contributed by atoms with E-state index in [1.807, 2.05) is 0 Å². The topological polar surface area (TPSA) is 72.8 Å². The number of Topliss-reactive ketones (excluding diaryl/α,β-unsaturated/α-hetero) is 1. The maximum Gasteiger partial charge on any atom is 0.310 e. The first-order chi connectivity index (χ1) is 6.66. The molecule has 0 saturated heterocycles. The van der Waals surface area contributed by atoms with Crippen LogP contribution in [-0.2, 0) is 19.1 Å². The Morgan fingerprint density at radius 2 is 1.93 bits per heavy atom. The molecule has 1 N–H and O–H groups in total. The highest BCUT2D eigenvalue weighted by Gasteiger charge is 2.06. The highest BCUT2D eigenvalue weighted by Crippen LogP contribution is 1.96. The molecule has 0 saturated carbocycles. The van der Waals surface area contributed by atoms with E-state index in [9.17, 15) is 9.59 Å². The summed E-state index contributed by atoms with van der Waals surface area (Å²) >= 11 is 0. The number of aliphatic carboxylic acids is 1. The van der Waals surface area contributed by atoms with Crippen molar-refractivity contribution in [3.05, 3.63) is 0 Å². The molecule has 0 aliphatic heterocycles. The van der Waals surface area contributed by atoms with E-state index in [1.54, 1.807) is 7.11 Å². The molecule has 0 amide bonds. The van der Waals surface area contributed by atoms with Crippen LogP contribution in [0.2, 0.25) is 0 Å². The van der Waals surface area contributed by atoms with Gasteiger partial charge in [0.05, 0.1) is 13.2 Å². The first kappa shape index (κ1) is 13.1. The number of hydrogen-bond donors (Lipinski definition) is 1. The predicted molar refractivity (Wildman–Crippen MR) is 49.2 cm³/mol. The summed E-state index contributed by atoms with van der Waals surface area (Å²) in [6, 6.07) is 0. The van der Waals surface area contributed by atoms with Gasteiger partial charge in [0.25, 0.3) is 0 Å². The summed E-state index contributed by atoms with van der Waals surface area (Å²) in [7, 11) is 1.58. The van der Waals surface area contributed by atoms with E-state index in [-0.39, 0.29) is 12.2 Å². The lowest BCUT2D eigenvalue weighted by molar-refractivity contribution is -0.140. The highest BCUT2D eigenvalue weighted by molar-refractivity contribution is 5.94. The van der Waals surface area contributed by atoms with Crippen molar-refractivity contribution in [3.63, 3.8) is 0 Å². The van der Waals surface area contributed by atoms with Crippen molar-refractivity contribution in [2.24, 2.45) is 0 Å². The van der Waals surface area contributed by atoms with Gasteiger partial charge in [0.15, 0.2) is 0 Å². The predicted octanol–water partition coefficient (Wildman–Crippen LogP) is 0.473. The maximum absolute atomic E-state index is 10.9. The molecule has 0 aliphatic carbocycles. The molecule has 0 spiro atoms. The van der Waals surface area contributed by atoms with Crippen LogP contribution >= 0.6 is 0 Å². The van der Waals surface area contributed by atoms with Gasteiger partial charge in [-0.25, -0.2) is 0 Å². The van der Waals surface area contributed by atoms with Crippen molar-refractivity contribution in [1.29, 1.82) is 0 Å². The Morgan fingerprint density at radius 3 is 2.50 bits per heavy atom. The van der Waals surface area contributed by atoms with Crippen LogP contribution in [0.3, 0.4) is 0 Å². The van der Waals surface area contributed by atoms with Crippen LogP contribution in [0.25, 0.3) is 0 Å². The van der Waals surface area contributed by atoms with Crippen molar-refractivity contribution >= 4 is 11.8 Å². The molecule has 0 fully saturated rings. The van der Waals surface area contributed by atoms with Gasteiger partial charge in [-0.05, 0) is 6.42 Å². The SMILES string of the molecule is COCCOCCCC(=O)CC(=O)O. The van der Waals surface area contributed by atoms with E-state index in [1.165, 1.54) is 0 Å². The second-order valence-electron chi connectivity index (χ2n) is 2.82. The van der Waals surface area contributed by atoms with E-state index in [0.717, 1.165) is 0 Å². The molecule has 0 unspecified atom stereocenters. The van der Waals surface area contributed by atoms with Gasteiger partial charge in [0.2, 0.25) is 0 Å². The molecule has 0 atom stereocenters. The molecule has 0 bridgehead atoms. The van der Waals surface area contributed by atoms with Crippen molar-refractivity contribution in [3.8, 4) is 0 Å². The average Bonchev–Trinajstić information content (AvgIpc) is 2.10. The third-order valence-electron chi connectivity index (χ3n) is 1.52. The monoisotopic (exact) mass is 204 g/mol. The van der Waals surface area contributed by atoms with Gasteiger partial charge in [-0.1, -0.05) is 0 Å². The number of rotatable bonds is 9. The summed E-state index contributed by atoms with van der Waals surface area (Å²) in [5.74, 6) is -1.33. The van der Waals surface area contributed by atoms with Gasteiger partial charge in [-0.3, -0.25) is 9.59 Å². The van der Waals surface area contributed by atoms with Gasteiger partial charge in [-0.2, -0.15) is 0 Å². The second-order valence-corrected chi connectivity index (χ2v) is 2.82. The standard InChI is InChI=1S/C9H16O5/c1-13-5-6-14-4-2-3-8(10)7-9(11)12/h2-7H2,1H3,(H,11,12). The van der Waals surface area contributed by atoms with Crippen LogP contribution in [0.1, 0.15) is 19.3 Å². The fourth-order valence-corrected chi connectivity index (χ4v) is 0.873. The van der Waals surface area contributed by atoms with Gasteiger partial charge in [0, 0.05) is 20.1 Å². The number of ketones is 1. The number of ether oxygens (including phenoxy) is 2. The Balaban J connectivity index is 3.19. The van der Waals surface area contributed by atoms with Crippen LogP contribution in [0.15, 0.2) is 0 Å². The molecule has 5 heteroatoms. The summed E-state index contributed by atoms with van der Waals surface area (Å²) in [6.07, 6.45) is 0.438. The van der Waals surface area contributed by atoms with Crippen LogP contribution in [-0.4, -0.2) is 43.8 Å². The minimum atomic E-state index is -1.07. The summed E-state index contributed by atoms with van der Waals surface area (Å²) < 4.78 is 9.86. The molecule has 0 aromatic rings. The number of methoxy groups -OCH3 is 1. The Kier molecular flexibility index (Phi) is 8.07. The summed E-state index contributed by atoms with van der Waals surface area (Å²) in [6.45, 7) is 1.50. The number of carboxylic acid groups (broad SMARTS) is 1. The first-order valence-electron chi connectivity index (χ1n) is 4.47. The quantitative estimate of drug-likeness (QED) is 0.436. The van der Waals surface area contributed by atoms with E-state index in [0.29, 0.717) is 26.2 Å². The number of carboxylic acids is 1. The van der Waals surface area contributed by atoms with Crippen molar-refractivity contribution in [1.82, 2.24) is 0 Å².